The van der Waals surface area contributed by atoms with E-state index < -0.39 is 5.60 Å². The summed E-state index contributed by atoms with van der Waals surface area (Å²) in [6.07, 6.45) is 0. The first-order valence-electron chi connectivity index (χ1n) is 6.44. The van der Waals surface area contributed by atoms with Gasteiger partial charge in [0.05, 0.1) is 17.0 Å². The Morgan fingerprint density at radius 2 is 1.80 bits per heavy atom. The van der Waals surface area contributed by atoms with Crippen LogP contribution in [0.5, 0.6) is 0 Å². The van der Waals surface area contributed by atoms with Gasteiger partial charge in [0.1, 0.15) is 5.82 Å². The van der Waals surface area contributed by atoms with Crippen LogP contribution in [0.4, 0.5) is 4.39 Å². The van der Waals surface area contributed by atoms with Crippen molar-refractivity contribution in [1.82, 2.24) is 4.98 Å². The molecule has 2 rings (SSSR count). The first kappa shape index (κ1) is 14.4. The molecule has 1 aromatic heterocycles. The van der Waals surface area contributed by atoms with Crippen molar-refractivity contribution >= 4 is 5.57 Å². The second-order valence-corrected chi connectivity index (χ2v) is 5.47. The molecule has 1 aromatic carbocycles. The van der Waals surface area contributed by atoms with E-state index in [0.717, 1.165) is 22.4 Å². The average molecular weight is 271 g/mol. The van der Waals surface area contributed by atoms with Crippen molar-refractivity contribution in [2.75, 3.05) is 0 Å². The molecule has 1 N–H and O–H groups in total. The van der Waals surface area contributed by atoms with Gasteiger partial charge in [-0.3, -0.25) is 0 Å². The fraction of sp³-hybridized carbons (Fsp3) is 0.235. The lowest BCUT2D eigenvalue weighted by molar-refractivity contribution is 0.0785. The van der Waals surface area contributed by atoms with Crippen molar-refractivity contribution in [2.24, 2.45) is 0 Å². The lowest BCUT2D eigenvalue weighted by Gasteiger charge is -2.20. The van der Waals surface area contributed by atoms with E-state index in [4.69, 9.17) is 0 Å². The molecule has 20 heavy (non-hydrogen) atoms. The number of aromatic nitrogens is 1. The molecule has 0 saturated heterocycles. The van der Waals surface area contributed by atoms with Crippen LogP contribution in [0.2, 0.25) is 0 Å². The number of benzene rings is 1. The summed E-state index contributed by atoms with van der Waals surface area (Å²) in [5, 5.41) is 10.2. The van der Waals surface area contributed by atoms with Crippen LogP contribution in [0, 0.1) is 5.82 Å². The molecule has 0 saturated carbocycles. The molecule has 0 unspecified atom stereocenters. The maximum Gasteiger partial charge on any atom is 0.123 e. The molecule has 1 heterocycles. The Balaban J connectivity index is 2.60. The molecule has 0 aliphatic heterocycles. The molecule has 0 bridgehead atoms. The molecule has 0 fully saturated rings. The summed E-state index contributed by atoms with van der Waals surface area (Å²) >= 11 is 0. The van der Waals surface area contributed by atoms with Gasteiger partial charge >= 0.3 is 0 Å². The average Bonchev–Trinajstić information content (AvgIpc) is 2.38. The molecule has 2 aromatic rings. The topological polar surface area (TPSA) is 33.1 Å². The van der Waals surface area contributed by atoms with E-state index in [1.807, 2.05) is 19.1 Å². The lowest BCUT2D eigenvalue weighted by Crippen LogP contribution is -2.16. The molecule has 0 atom stereocenters. The zero-order chi connectivity index (χ0) is 14.9. The van der Waals surface area contributed by atoms with Crippen LogP contribution in [0.15, 0.2) is 43.0 Å². The molecule has 0 radical (unpaired) electrons. The van der Waals surface area contributed by atoms with Crippen LogP contribution in [-0.4, -0.2) is 10.1 Å². The largest absolute Gasteiger partial charge is 0.386 e. The SMILES string of the molecule is C=C(C)c1cc(C(C)(C)O)cc(-c2ccc(F)cc2)n1. The Hall–Kier alpha value is -2.00. The molecular weight excluding hydrogens is 253 g/mol. The zero-order valence-electron chi connectivity index (χ0n) is 11.9. The molecule has 0 aliphatic rings. The van der Waals surface area contributed by atoms with E-state index in [2.05, 4.69) is 11.6 Å². The summed E-state index contributed by atoms with van der Waals surface area (Å²) in [6.45, 7) is 9.20. The Morgan fingerprint density at radius 1 is 1.20 bits per heavy atom. The third-order valence-electron chi connectivity index (χ3n) is 3.11. The summed E-state index contributed by atoms with van der Waals surface area (Å²) in [7, 11) is 0. The van der Waals surface area contributed by atoms with E-state index in [0.29, 0.717) is 5.69 Å². The van der Waals surface area contributed by atoms with E-state index in [1.54, 1.807) is 26.0 Å². The predicted molar refractivity (Wildman–Crippen MR) is 79.6 cm³/mol. The number of hydrogen-bond donors (Lipinski definition) is 1. The van der Waals surface area contributed by atoms with Crippen molar-refractivity contribution in [3.05, 3.63) is 60.1 Å². The highest BCUT2D eigenvalue weighted by molar-refractivity contribution is 5.66. The van der Waals surface area contributed by atoms with E-state index >= 15 is 0 Å². The fourth-order valence-electron chi connectivity index (χ4n) is 1.87. The molecule has 2 nitrogen and oxygen atoms in total. The molecule has 3 heteroatoms. The first-order valence-corrected chi connectivity index (χ1v) is 6.44. The number of rotatable bonds is 3. The summed E-state index contributed by atoms with van der Waals surface area (Å²) in [5.41, 5.74) is 2.83. The van der Waals surface area contributed by atoms with Gasteiger partial charge in [-0.25, -0.2) is 9.37 Å². The molecule has 104 valence electrons. The van der Waals surface area contributed by atoms with E-state index in [1.165, 1.54) is 12.1 Å². The first-order chi connectivity index (χ1) is 9.27. The Morgan fingerprint density at radius 3 is 2.30 bits per heavy atom. The van der Waals surface area contributed by atoms with E-state index in [-0.39, 0.29) is 5.82 Å². The van der Waals surface area contributed by atoms with Crippen molar-refractivity contribution in [3.8, 4) is 11.3 Å². The van der Waals surface area contributed by atoms with Crippen LogP contribution in [0.25, 0.3) is 16.8 Å². The maximum atomic E-state index is 13.0. The number of nitrogens with zero attached hydrogens (tertiary/aromatic N) is 1. The summed E-state index contributed by atoms with van der Waals surface area (Å²) < 4.78 is 13.0. The van der Waals surface area contributed by atoms with Crippen LogP contribution < -0.4 is 0 Å². The maximum absolute atomic E-state index is 13.0. The number of hydrogen-bond acceptors (Lipinski definition) is 2. The highest BCUT2D eigenvalue weighted by Crippen LogP contribution is 2.27. The molecule has 0 amide bonds. The minimum Gasteiger partial charge on any atom is -0.386 e. The normalized spacial score (nSPS) is 11.4. The van der Waals surface area contributed by atoms with Crippen molar-refractivity contribution in [3.63, 3.8) is 0 Å². The van der Waals surface area contributed by atoms with Crippen LogP contribution in [-0.2, 0) is 5.60 Å². The van der Waals surface area contributed by atoms with Gasteiger partial charge in [-0.1, -0.05) is 6.58 Å². The standard InChI is InChI=1S/C17H18FNO/c1-11(2)15-9-13(17(3,4)20)10-16(19-15)12-5-7-14(18)8-6-12/h5-10,20H,1H2,2-4H3. The van der Waals surface area contributed by atoms with Crippen molar-refractivity contribution in [2.45, 2.75) is 26.4 Å². The fourth-order valence-corrected chi connectivity index (χ4v) is 1.87. The highest BCUT2D eigenvalue weighted by Gasteiger charge is 2.18. The number of halogens is 1. The predicted octanol–water partition coefficient (Wildman–Crippen LogP) is 4.15. The van der Waals surface area contributed by atoms with Gasteiger partial charge in [0.2, 0.25) is 0 Å². The smallest absolute Gasteiger partial charge is 0.123 e. The monoisotopic (exact) mass is 271 g/mol. The number of allylic oxidation sites excluding steroid dienone is 1. The van der Waals surface area contributed by atoms with Crippen LogP contribution in [0.1, 0.15) is 32.0 Å². The second kappa shape index (κ2) is 5.17. The van der Waals surface area contributed by atoms with Gasteiger partial charge in [0, 0.05) is 5.56 Å². The second-order valence-electron chi connectivity index (χ2n) is 5.47. The van der Waals surface area contributed by atoms with Gasteiger partial charge in [0.25, 0.3) is 0 Å². The summed E-state index contributed by atoms with van der Waals surface area (Å²) in [5.74, 6) is -0.285. The number of aliphatic hydroxyl groups is 1. The Labute approximate surface area is 118 Å². The summed E-state index contributed by atoms with van der Waals surface area (Å²) in [4.78, 5) is 4.51. The van der Waals surface area contributed by atoms with Crippen LogP contribution in [0.3, 0.4) is 0 Å². The summed E-state index contributed by atoms with van der Waals surface area (Å²) in [6, 6.07) is 9.79. The number of pyridine rings is 1. The Kier molecular flexibility index (Phi) is 3.73. The highest BCUT2D eigenvalue weighted by atomic mass is 19.1. The van der Waals surface area contributed by atoms with Crippen molar-refractivity contribution in [1.29, 1.82) is 0 Å². The van der Waals surface area contributed by atoms with Gasteiger partial charge in [-0.15, -0.1) is 0 Å². The minimum atomic E-state index is -0.970. The van der Waals surface area contributed by atoms with Gasteiger partial charge in [0.15, 0.2) is 0 Å². The van der Waals surface area contributed by atoms with Crippen molar-refractivity contribution < 1.29 is 9.50 Å². The third kappa shape index (κ3) is 3.11. The molecule has 0 spiro atoms. The van der Waals surface area contributed by atoms with Gasteiger partial charge in [-0.2, -0.15) is 0 Å². The van der Waals surface area contributed by atoms with Gasteiger partial charge < -0.3 is 5.11 Å². The van der Waals surface area contributed by atoms with Gasteiger partial charge in [-0.05, 0) is 68.3 Å². The lowest BCUT2D eigenvalue weighted by atomic mass is 9.95. The quantitative estimate of drug-likeness (QED) is 0.909. The van der Waals surface area contributed by atoms with Crippen LogP contribution >= 0.6 is 0 Å². The molecule has 0 aliphatic carbocycles. The minimum absolute atomic E-state index is 0.285. The zero-order valence-corrected chi connectivity index (χ0v) is 11.9. The van der Waals surface area contributed by atoms with E-state index in [9.17, 15) is 9.50 Å². The Bertz CT molecular complexity index is 639. The molecular formula is C17H18FNO. The third-order valence-corrected chi connectivity index (χ3v) is 3.11.